The third kappa shape index (κ3) is 6.50. The molecule has 40 heavy (non-hydrogen) atoms. The fourth-order valence-electron chi connectivity index (χ4n) is 5.40. The van der Waals surface area contributed by atoms with Gasteiger partial charge in [-0.05, 0) is 41.6 Å². The average molecular weight is 550 g/mol. The summed E-state index contributed by atoms with van der Waals surface area (Å²) in [5.41, 5.74) is 2.46. The Bertz CT molecular complexity index is 1340. The summed E-state index contributed by atoms with van der Waals surface area (Å²) in [6.45, 7) is 3.65. The molecule has 1 aliphatic rings. The number of rotatable bonds is 10. The van der Waals surface area contributed by atoms with E-state index in [0.717, 1.165) is 16.6 Å². The third-order valence-electron chi connectivity index (χ3n) is 7.32. The molecule has 1 saturated heterocycles. The number of carbonyl (C=O) groups excluding carboxylic acids is 4. The van der Waals surface area contributed by atoms with Crippen molar-refractivity contribution < 1.29 is 23.6 Å². The minimum Gasteiger partial charge on any atom is -0.358 e. The standard InChI is InChI=1S/C30H36FN5O4/c1-4-7-26-30(40)36(27(28(38)32-3)18-23-17-21-8-5-6-9-24(21)34-23)15-14-35(26)29(39)25(33-19(2)37)16-20-10-12-22(31)13-11-20/h5-6,8-13,17,25-27,34H,4,7,14-16,18H2,1-3H3,(H,32,38)(H,33,37)/t25?,26-,27?/m1/s1. The maximum Gasteiger partial charge on any atom is 0.246 e. The molecule has 0 spiro atoms. The number of amides is 4. The molecule has 212 valence electrons. The summed E-state index contributed by atoms with van der Waals surface area (Å²) in [5, 5.41) is 6.41. The molecule has 4 amide bonds. The maximum absolute atomic E-state index is 13.9. The van der Waals surface area contributed by atoms with E-state index < -0.39 is 23.9 Å². The molecule has 2 heterocycles. The summed E-state index contributed by atoms with van der Waals surface area (Å²) in [5.74, 6) is -1.73. The zero-order valence-corrected chi connectivity index (χ0v) is 23.1. The highest BCUT2D eigenvalue weighted by atomic mass is 19.1. The quantitative estimate of drug-likeness (QED) is 0.361. The molecular weight excluding hydrogens is 513 g/mol. The first-order valence-electron chi connectivity index (χ1n) is 13.6. The first-order chi connectivity index (χ1) is 19.2. The number of para-hydroxylation sites is 1. The fourth-order valence-corrected chi connectivity index (χ4v) is 5.40. The number of nitrogens with zero attached hydrogens (tertiary/aromatic N) is 2. The number of halogens is 1. The van der Waals surface area contributed by atoms with Crippen molar-refractivity contribution in [3.8, 4) is 0 Å². The number of piperazine rings is 1. The van der Waals surface area contributed by atoms with Gasteiger partial charge in [0.15, 0.2) is 0 Å². The van der Waals surface area contributed by atoms with Crippen LogP contribution in [0.3, 0.4) is 0 Å². The molecule has 4 rings (SSSR count). The van der Waals surface area contributed by atoms with Crippen molar-refractivity contribution in [2.24, 2.45) is 0 Å². The van der Waals surface area contributed by atoms with Gasteiger partial charge in [0.2, 0.25) is 23.6 Å². The van der Waals surface area contributed by atoms with Crippen LogP contribution in [-0.4, -0.2) is 76.7 Å². The Morgan fingerprint density at radius 2 is 1.80 bits per heavy atom. The Balaban J connectivity index is 1.57. The topological polar surface area (TPSA) is 115 Å². The van der Waals surface area contributed by atoms with Gasteiger partial charge in [0.05, 0.1) is 0 Å². The summed E-state index contributed by atoms with van der Waals surface area (Å²) in [6.07, 6.45) is 1.51. The van der Waals surface area contributed by atoms with Gasteiger partial charge < -0.3 is 25.4 Å². The SMILES string of the molecule is CCC[C@@H]1C(=O)N(C(Cc2cc3ccccc3[nH]2)C(=O)NC)CCN1C(=O)C(Cc1ccc(F)cc1)NC(C)=O. The average Bonchev–Trinajstić information content (AvgIpc) is 3.35. The molecule has 0 bridgehead atoms. The number of hydrogen-bond acceptors (Lipinski definition) is 4. The van der Waals surface area contributed by atoms with E-state index in [0.29, 0.717) is 24.8 Å². The number of fused-ring (bicyclic) bond motifs is 1. The fraction of sp³-hybridized carbons (Fsp3) is 0.400. The number of aromatic amines is 1. The van der Waals surface area contributed by atoms with Crippen LogP contribution < -0.4 is 10.6 Å². The van der Waals surface area contributed by atoms with E-state index in [2.05, 4.69) is 15.6 Å². The van der Waals surface area contributed by atoms with Crippen LogP contribution in [0, 0.1) is 5.82 Å². The second-order valence-corrected chi connectivity index (χ2v) is 10.2. The van der Waals surface area contributed by atoms with Gasteiger partial charge >= 0.3 is 0 Å². The molecule has 3 aromatic rings. The molecule has 1 fully saturated rings. The van der Waals surface area contributed by atoms with Gasteiger partial charge in [-0.3, -0.25) is 19.2 Å². The highest BCUT2D eigenvalue weighted by Crippen LogP contribution is 2.23. The smallest absolute Gasteiger partial charge is 0.246 e. The highest BCUT2D eigenvalue weighted by molar-refractivity contribution is 5.95. The number of carbonyl (C=O) groups is 4. The highest BCUT2D eigenvalue weighted by Gasteiger charge is 2.43. The zero-order valence-electron chi connectivity index (χ0n) is 23.1. The third-order valence-corrected chi connectivity index (χ3v) is 7.32. The molecule has 1 aliphatic heterocycles. The largest absolute Gasteiger partial charge is 0.358 e. The Morgan fingerprint density at radius 3 is 2.45 bits per heavy atom. The van der Waals surface area contributed by atoms with Crippen molar-refractivity contribution in [3.63, 3.8) is 0 Å². The van der Waals surface area contributed by atoms with Crippen LogP contribution in [0.2, 0.25) is 0 Å². The maximum atomic E-state index is 13.9. The Kier molecular flexibility index (Phi) is 9.19. The Labute approximate surface area is 233 Å². The van der Waals surface area contributed by atoms with Crippen LogP contribution in [0.25, 0.3) is 10.9 Å². The molecule has 0 aliphatic carbocycles. The van der Waals surface area contributed by atoms with Crippen molar-refractivity contribution in [2.75, 3.05) is 20.1 Å². The van der Waals surface area contributed by atoms with Gasteiger partial charge in [0.1, 0.15) is 23.9 Å². The lowest BCUT2D eigenvalue weighted by atomic mass is 9.98. The van der Waals surface area contributed by atoms with Gasteiger partial charge in [0, 0.05) is 51.1 Å². The molecule has 10 heteroatoms. The van der Waals surface area contributed by atoms with Crippen LogP contribution in [0.5, 0.6) is 0 Å². The van der Waals surface area contributed by atoms with Crippen LogP contribution in [0.4, 0.5) is 4.39 Å². The van der Waals surface area contributed by atoms with Crippen LogP contribution >= 0.6 is 0 Å². The summed E-state index contributed by atoms with van der Waals surface area (Å²) in [4.78, 5) is 59.1. The molecule has 2 aromatic carbocycles. The lowest BCUT2D eigenvalue weighted by Crippen LogP contribution is -2.65. The number of benzene rings is 2. The summed E-state index contributed by atoms with van der Waals surface area (Å²) in [7, 11) is 1.54. The zero-order chi connectivity index (χ0) is 28.8. The van der Waals surface area contributed by atoms with Crippen molar-refractivity contribution in [1.29, 1.82) is 0 Å². The minimum atomic E-state index is -0.914. The number of H-pyrrole nitrogens is 1. The van der Waals surface area contributed by atoms with Crippen LogP contribution in [-0.2, 0) is 32.0 Å². The van der Waals surface area contributed by atoms with E-state index in [1.807, 2.05) is 37.3 Å². The second kappa shape index (κ2) is 12.8. The first kappa shape index (κ1) is 28.8. The van der Waals surface area contributed by atoms with E-state index >= 15 is 0 Å². The second-order valence-electron chi connectivity index (χ2n) is 10.2. The molecule has 3 N–H and O–H groups in total. The molecule has 9 nitrogen and oxygen atoms in total. The summed E-state index contributed by atoms with van der Waals surface area (Å²) in [6, 6.07) is 13.1. The lowest BCUT2D eigenvalue weighted by molar-refractivity contribution is -0.157. The minimum absolute atomic E-state index is 0.160. The number of likely N-dealkylation sites (N-methyl/N-ethyl adjacent to an activating group) is 1. The molecule has 0 saturated carbocycles. The van der Waals surface area contributed by atoms with Crippen molar-refractivity contribution in [1.82, 2.24) is 25.4 Å². The van der Waals surface area contributed by atoms with Gasteiger partial charge in [-0.1, -0.05) is 43.7 Å². The molecule has 1 aromatic heterocycles. The summed E-state index contributed by atoms with van der Waals surface area (Å²) < 4.78 is 13.4. The van der Waals surface area contributed by atoms with Crippen molar-refractivity contribution >= 4 is 34.5 Å². The lowest BCUT2D eigenvalue weighted by Gasteiger charge is -2.44. The number of aromatic nitrogens is 1. The van der Waals surface area contributed by atoms with E-state index in [-0.39, 0.29) is 43.1 Å². The van der Waals surface area contributed by atoms with E-state index in [1.54, 1.807) is 24.1 Å². The van der Waals surface area contributed by atoms with Gasteiger partial charge in [0.25, 0.3) is 0 Å². The van der Waals surface area contributed by atoms with Crippen molar-refractivity contribution in [3.05, 3.63) is 71.7 Å². The first-order valence-corrected chi connectivity index (χ1v) is 13.6. The van der Waals surface area contributed by atoms with Crippen LogP contribution in [0.1, 0.15) is 37.9 Å². The van der Waals surface area contributed by atoms with Crippen LogP contribution in [0.15, 0.2) is 54.6 Å². The normalized spacial score (nSPS) is 17.0. The van der Waals surface area contributed by atoms with E-state index in [9.17, 15) is 23.6 Å². The predicted molar refractivity (Wildman–Crippen MR) is 150 cm³/mol. The molecular formula is C30H36FN5O4. The van der Waals surface area contributed by atoms with E-state index in [1.165, 1.54) is 24.0 Å². The van der Waals surface area contributed by atoms with E-state index in [4.69, 9.17) is 0 Å². The van der Waals surface area contributed by atoms with Gasteiger partial charge in [-0.2, -0.15) is 0 Å². The molecule has 3 atom stereocenters. The monoisotopic (exact) mass is 549 g/mol. The number of hydrogen-bond donors (Lipinski definition) is 3. The summed E-state index contributed by atoms with van der Waals surface area (Å²) >= 11 is 0. The van der Waals surface area contributed by atoms with Gasteiger partial charge in [-0.15, -0.1) is 0 Å². The van der Waals surface area contributed by atoms with Gasteiger partial charge in [-0.25, -0.2) is 4.39 Å². The Morgan fingerprint density at radius 1 is 1.07 bits per heavy atom. The predicted octanol–water partition coefficient (Wildman–Crippen LogP) is 2.55. The molecule has 2 unspecified atom stereocenters. The molecule has 0 radical (unpaired) electrons. The number of nitrogens with one attached hydrogen (secondary N) is 3. The Hall–Kier alpha value is -4.21. The van der Waals surface area contributed by atoms with Crippen molar-refractivity contribution in [2.45, 2.75) is 57.7 Å².